The smallest absolute Gasteiger partial charge is 0.168 e. The van der Waals surface area contributed by atoms with Crippen LogP contribution in [0.25, 0.3) is 0 Å². The molecule has 0 spiro atoms. The molecular formula is C15H16BrFN2O. The number of hydrogen-bond donors (Lipinski definition) is 0. The summed E-state index contributed by atoms with van der Waals surface area (Å²) in [4.78, 5) is 12.3. The third-order valence-electron chi connectivity index (χ3n) is 3.19. The quantitative estimate of drug-likeness (QED) is 0.777. The summed E-state index contributed by atoms with van der Waals surface area (Å²) in [5.74, 6) is -0.377. The third kappa shape index (κ3) is 2.98. The maximum Gasteiger partial charge on any atom is 0.168 e. The van der Waals surface area contributed by atoms with Gasteiger partial charge in [-0.2, -0.15) is 5.10 Å². The molecular weight excluding hydrogens is 323 g/mol. The molecule has 0 fully saturated rings. The first kappa shape index (κ1) is 14.9. The number of halogens is 2. The van der Waals surface area contributed by atoms with E-state index in [0.29, 0.717) is 12.1 Å². The number of benzene rings is 1. The van der Waals surface area contributed by atoms with Crippen LogP contribution in [0.1, 0.15) is 35.6 Å². The fraction of sp³-hybridized carbons (Fsp3) is 0.333. The van der Waals surface area contributed by atoms with E-state index in [1.807, 2.05) is 18.5 Å². The summed E-state index contributed by atoms with van der Waals surface area (Å²) < 4.78 is 15.6. The van der Waals surface area contributed by atoms with Gasteiger partial charge in [-0.3, -0.25) is 9.48 Å². The minimum Gasteiger partial charge on any atom is -0.294 e. The van der Waals surface area contributed by atoms with Crippen molar-refractivity contribution in [3.8, 4) is 0 Å². The maximum atomic E-state index is 12.9. The van der Waals surface area contributed by atoms with Crippen LogP contribution in [0, 0.1) is 5.82 Å². The van der Waals surface area contributed by atoms with Crippen LogP contribution in [-0.4, -0.2) is 15.6 Å². The fourth-order valence-electron chi connectivity index (χ4n) is 2.08. The van der Waals surface area contributed by atoms with Crippen LogP contribution in [-0.2, 0) is 19.4 Å². The van der Waals surface area contributed by atoms with Crippen LogP contribution in [0.4, 0.5) is 4.39 Å². The average molecular weight is 339 g/mol. The van der Waals surface area contributed by atoms with Crippen LogP contribution in [0.5, 0.6) is 0 Å². The Morgan fingerprint density at radius 2 is 1.95 bits per heavy atom. The number of carbonyl (C=O) groups excluding carboxylic acids is 1. The Morgan fingerprint density at radius 1 is 1.30 bits per heavy atom. The van der Waals surface area contributed by atoms with E-state index < -0.39 is 0 Å². The van der Waals surface area contributed by atoms with E-state index in [0.717, 1.165) is 22.3 Å². The zero-order chi connectivity index (χ0) is 14.7. The van der Waals surface area contributed by atoms with E-state index in [1.165, 1.54) is 24.3 Å². The lowest BCUT2D eigenvalue weighted by Gasteiger charge is -2.05. The molecule has 106 valence electrons. The van der Waals surface area contributed by atoms with E-state index >= 15 is 0 Å². The molecule has 0 aliphatic carbocycles. The first-order chi connectivity index (χ1) is 9.56. The largest absolute Gasteiger partial charge is 0.294 e. The number of ketones is 1. The van der Waals surface area contributed by atoms with Gasteiger partial charge in [0.25, 0.3) is 0 Å². The van der Waals surface area contributed by atoms with Crippen molar-refractivity contribution in [3.05, 3.63) is 51.5 Å². The van der Waals surface area contributed by atoms with E-state index in [-0.39, 0.29) is 18.0 Å². The van der Waals surface area contributed by atoms with E-state index in [4.69, 9.17) is 0 Å². The zero-order valence-corrected chi connectivity index (χ0v) is 13.1. The van der Waals surface area contributed by atoms with Crippen molar-refractivity contribution in [2.45, 2.75) is 33.2 Å². The zero-order valence-electron chi connectivity index (χ0n) is 11.5. The molecule has 2 rings (SSSR count). The van der Waals surface area contributed by atoms with E-state index in [1.54, 1.807) is 0 Å². The summed E-state index contributed by atoms with van der Waals surface area (Å²) in [5.41, 5.74) is 2.34. The highest BCUT2D eigenvalue weighted by atomic mass is 79.9. The molecule has 1 heterocycles. The summed E-state index contributed by atoms with van der Waals surface area (Å²) in [6.07, 6.45) is 1.07. The molecule has 1 aromatic heterocycles. The van der Waals surface area contributed by atoms with Gasteiger partial charge >= 0.3 is 0 Å². The van der Waals surface area contributed by atoms with Gasteiger partial charge in [-0.25, -0.2) is 4.39 Å². The number of aromatic nitrogens is 2. The van der Waals surface area contributed by atoms with Gasteiger partial charge in [0.2, 0.25) is 0 Å². The molecule has 2 aromatic rings. The fourth-order valence-corrected chi connectivity index (χ4v) is 2.78. The van der Waals surface area contributed by atoms with Gasteiger partial charge in [-0.15, -0.1) is 0 Å². The Bertz CT molecular complexity index is 620. The number of carbonyl (C=O) groups is 1. The van der Waals surface area contributed by atoms with Crippen LogP contribution in [0.15, 0.2) is 28.7 Å². The SMILES string of the molecule is CCc1nn(CC)c(CC(=O)c2ccc(F)cc2)c1Br. The molecule has 20 heavy (non-hydrogen) atoms. The summed E-state index contributed by atoms with van der Waals surface area (Å²) >= 11 is 3.52. The van der Waals surface area contributed by atoms with Gasteiger partial charge in [0, 0.05) is 12.1 Å². The van der Waals surface area contributed by atoms with Crippen LogP contribution in [0.3, 0.4) is 0 Å². The van der Waals surface area contributed by atoms with Crippen LogP contribution >= 0.6 is 15.9 Å². The Hall–Kier alpha value is -1.49. The third-order valence-corrected chi connectivity index (χ3v) is 4.10. The van der Waals surface area contributed by atoms with E-state index in [2.05, 4.69) is 21.0 Å². The number of Topliss-reactive ketones (excluding diaryl/α,β-unsaturated/α-hetero) is 1. The molecule has 0 unspecified atom stereocenters. The summed E-state index contributed by atoms with van der Waals surface area (Å²) in [7, 11) is 0. The standard InChI is InChI=1S/C15H16BrFN2O/c1-3-12-15(16)13(19(4-2)18-12)9-14(20)10-5-7-11(17)8-6-10/h5-8H,3-4,9H2,1-2H3. The Labute approximate surface area is 125 Å². The van der Waals surface area contributed by atoms with Gasteiger partial charge in [-0.1, -0.05) is 6.92 Å². The van der Waals surface area contributed by atoms with Gasteiger partial charge in [0.05, 0.1) is 22.3 Å². The lowest BCUT2D eigenvalue weighted by atomic mass is 10.1. The summed E-state index contributed by atoms with van der Waals surface area (Å²) in [6, 6.07) is 5.63. The highest BCUT2D eigenvalue weighted by Crippen LogP contribution is 2.23. The predicted octanol–water partition coefficient (Wildman–Crippen LogP) is 3.79. The van der Waals surface area contributed by atoms with Crippen molar-refractivity contribution >= 4 is 21.7 Å². The lowest BCUT2D eigenvalue weighted by molar-refractivity contribution is 0.0990. The van der Waals surface area contributed by atoms with Crippen molar-refractivity contribution in [2.75, 3.05) is 0 Å². The molecule has 0 bridgehead atoms. The lowest BCUT2D eigenvalue weighted by Crippen LogP contribution is -2.10. The van der Waals surface area contributed by atoms with Gasteiger partial charge in [0.1, 0.15) is 5.82 Å². The molecule has 1 aromatic carbocycles. The minimum atomic E-state index is -0.338. The molecule has 0 N–H and O–H groups in total. The normalized spacial score (nSPS) is 10.8. The first-order valence-electron chi connectivity index (χ1n) is 6.59. The molecule has 0 radical (unpaired) electrons. The molecule has 3 nitrogen and oxygen atoms in total. The molecule has 0 saturated heterocycles. The van der Waals surface area contributed by atoms with Gasteiger partial charge in [0.15, 0.2) is 5.78 Å². The first-order valence-corrected chi connectivity index (χ1v) is 7.38. The van der Waals surface area contributed by atoms with Crippen molar-refractivity contribution in [1.29, 1.82) is 0 Å². The highest BCUT2D eigenvalue weighted by molar-refractivity contribution is 9.10. The molecule has 5 heteroatoms. The van der Waals surface area contributed by atoms with Crippen LogP contribution < -0.4 is 0 Å². The van der Waals surface area contributed by atoms with E-state index in [9.17, 15) is 9.18 Å². The number of aryl methyl sites for hydroxylation is 2. The Balaban J connectivity index is 2.27. The number of hydrogen-bond acceptors (Lipinski definition) is 2. The molecule has 0 saturated carbocycles. The van der Waals surface area contributed by atoms with Crippen molar-refractivity contribution in [1.82, 2.24) is 9.78 Å². The number of rotatable bonds is 5. The molecule has 0 aliphatic rings. The Morgan fingerprint density at radius 3 is 2.50 bits per heavy atom. The number of nitrogens with zero attached hydrogens (tertiary/aromatic N) is 2. The summed E-state index contributed by atoms with van der Waals surface area (Å²) in [5, 5.41) is 4.47. The molecule has 0 atom stereocenters. The second kappa shape index (κ2) is 6.31. The predicted molar refractivity (Wildman–Crippen MR) is 79.4 cm³/mol. The maximum absolute atomic E-state index is 12.9. The van der Waals surface area contributed by atoms with Crippen LogP contribution in [0.2, 0.25) is 0 Å². The van der Waals surface area contributed by atoms with Crippen molar-refractivity contribution < 1.29 is 9.18 Å². The second-order valence-corrected chi connectivity index (χ2v) is 5.28. The van der Waals surface area contributed by atoms with Crippen molar-refractivity contribution in [3.63, 3.8) is 0 Å². The average Bonchev–Trinajstić information content (AvgIpc) is 2.76. The molecule has 0 amide bonds. The van der Waals surface area contributed by atoms with Gasteiger partial charge < -0.3 is 0 Å². The second-order valence-electron chi connectivity index (χ2n) is 4.48. The monoisotopic (exact) mass is 338 g/mol. The van der Waals surface area contributed by atoms with Crippen molar-refractivity contribution in [2.24, 2.45) is 0 Å². The topological polar surface area (TPSA) is 34.9 Å². The summed E-state index contributed by atoms with van der Waals surface area (Å²) in [6.45, 7) is 4.73. The highest BCUT2D eigenvalue weighted by Gasteiger charge is 2.17. The van der Waals surface area contributed by atoms with Gasteiger partial charge in [-0.05, 0) is 53.5 Å². The minimum absolute atomic E-state index is 0.0389. The Kier molecular flexibility index (Phi) is 4.70. The molecule has 0 aliphatic heterocycles.